The van der Waals surface area contributed by atoms with Crippen molar-refractivity contribution in [1.82, 2.24) is 4.90 Å². The first kappa shape index (κ1) is 29.7. The van der Waals surface area contributed by atoms with Crippen molar-refractivity contribution in [2.24, 2.45) is 0 Å². The minimum Gasteiger partial charge on any atom is -0.491 e. The lowest BCUT2D eigenvalue weighted by Crippen LogP contribution is -2.32. The fourth-order valence-electron chi connectivity index (χ4n) is 4.09. The quantitative estimate of drug-likeness (QED) is 0.0959. The van der Waals surface area contributed by atoms with Gasteiger partial charge in [0.05, 0.1) is 27.2 Å². The van der Waals surface area contributed by atoms with Crippen LogP contribution in [-0.4, -0.2) is 41.8 Å². The Morgan fingerprint density at radius 2 is 1.77 bits per heavy atom. The van der Waals surface area contributed by atoms with Crippen molar-refractivity contribution in [3.63, 3.8) is 0 Å². The number of esters is 1. The zero-order chi connectivity index (χ0) is 28.8. The molecule has 3 aromatic rings. The normalized spacial score (nSPS) is 14.2. The summed E-state index contributed by atoms with van der Waals surface area (Å²) in [6, 6.07) is 18.2. The largest absolute Gasteiger partial charge is 0.491 e. The number of rotatable bonds is 10. The molecule has 208 valence electrons. The molecule has 3 aromatic carbocycles. The Labute approximate surface area is 252 Å². The third kappa shape index (κ3) is 7.06. The first-order chi connectivity index (χ1) is 19.2. The van der Waals surface area contributed by atoms with Crippen LogP contribution in [0.1, 0.15) is 53.7 Å². The number of halogens is 1. The van der Waals surface area contributed by atoms with Gasteiger partial charge < -0.3 is 14.2 Å². The van der Waals surface area contributed by atoms with E-state index in [9.17, 15) is 14.4 Å². The molecule has 7 nitrogen and oxygen atoms in total. The number of carbonyl (C=O) groups is 3. The molecule has 4 rings (SSSR count). The van der Waals surface area contributed by atoms with Gasteiger partial charge in [0.2, 0.25) is 0 Å². The van der Waals surface area contributed by atoms with Gasteiger partial charge in [0, 0.05) is 0 Å². The fraction of sp³-hybridized carbons (Fsp3) is 0.258. The summed E-state index contributed by atoms with van der Waals surface area (Å²) in [6.45, 7) is 8.71. The molecule has 0 N–H and O–H groups in total. The van der Waals surface area contributed by atoms with Gasteiger partial charge in [-0.25, -0.2) is 4.79 Å². The number of aryl methyl sites for hydroxylation is 1. The summed E-state index contributed by atoms with van der Waals surface area (Å²) in [5, 5.41) is -0.346. The summed E-state index contributed by atoms with van der Waals surface area (Å²) in [6.07, 6.45) is 1.65. The SMILES string of the molecule is CCOc1cc(/C=C2\SC(=O)N(CCOc3cc(C)ccc3C(C)C)C2=O)cc(I)c1OC(=O)c1ccccc1. The highest BCUT2D eigenvalue weighted by Crippen LogP contribution is 2.38. The van der Waals surface area contributed by atoms with E-state index in [1.54, 1.807) is 42.5 Å². The van der Waals surface area contributed by atoms with E-state index in [4.69, 9.17) is 14.2 Å². The highest BCUT2D eigenvalue weighted by atomic mass is 127. The molecule has 0 radical (unpaired) electrons. The molecular formula is C31H30INO6S. The van der Waals surface area contributed by atoms with Gasteiger partial charge in [-0.1, -0.05) is 44.2 Å². The number of carbonyl (C=O) groups excluding carboxylic acids is 3. The van der Waals surface area contributed by atoms with Crippen LogP contribution in [0.5, 0.6) is 17.2 Å². The van der Waals surface area contributed by atoms with Crippen molar-refractivity contribution in [2.75, 3.05) is 19.8 Å². The lowest BCUT2D eigenvalue weighted by Gasteiger charge is -2.17. The molecule has 9 heteroatoms. The standard InChI is InChI=1S/C31H30INO6S/c1-5-37-26-17-21(16-24(32)28(26)39-30(35)22-9-7-6-8-10-22)18-27-29(34)33(31(36)40-27)13-14-38-25-15-20(4)11-12-23(25)19(2)3/h6-12,15-19H,5,13-14H2,1-4H3/b27-18-. The number of hydrogen-bond acceptors (Lipinski definition) is 7. The maximum absolute atomic E-state index is 13.1. The molecule has 0 saturated carbocycles. The molecule has 0 spiro atoms. The molecule has 1 aliphatic rings. The molecular weight excluding hydrogens is 641 g/mol. The molecule has 1 heterocycles. The molecule has 1 saturated heterocycles. The van der Waals surface area contributed by atoms with Crippen molar-refractivity contribution in [3.8, 4) is 17.2 Å². The fourth-order valence-corrected chi connectivity index (χ4v) is 5.69. The third-order valence-corrected chi connectivity index (χ3v) is 7.78. The van der Waals surface area contributed by atoms with Crippen LogP contribution in [0, 0.1) is 10.5 Å². The average Bonchev–Trinajstić information content (AvgIpc) is 3.18. The minimum absolute atomic E-state index is 0.142. The lowest BCUT2D eigenvalue weighted by atomic mass is 10.0. The van der Waals surface area contributed by atoms with E-state index < -0.39 is 5.97 Å². The van der Waals surface area contributed by atoms with E-state index >= 15 is 0 Å². The molecule has 1 aliphatic heterocycles. The van der Waals surface area contributed by atoms with E-state index in [0.29, 0.717) is 37.7 Å². The number of imide groups is 1. The van der Waals surface area contributed by atoms with Gasteiger partial charge in [-0.3, -0.25) is 14.5 Å². The Morgan fingerprint density at radius 3 is 2.48 bits per heavy atom. The number of thioether (sulfide) groups is 1. The van der Waals surface area contributed by atoms with Crippen LogP contribution in [0.25, 0.3) is 6.08 Å². The van der Waals surface area contributed by atoms with Crippen LogP contribution in [0.4, 0.5) is 4.79 Å². The van der Waals surface area contributed by atoms with Gasteiger partial charge in [-0.05, 0) is 107 Å². The molecule has 40 heavy (non-hydrogen) atoms. The highest BCUT2D eigenvalue weighted by molar-refractivity contribution is 14.1. The second kappa shape index (κ2) is 13.4. The Balaban J connectivity index is 1.49. The predicted molar refractivity (Wildman–Crippen MR) is 165 cm³/mol. The zero-order valence-corrected chi connectivity index (χ0v) is 25.7. The summed E-state index contributed by atoms with van der Waals surface area (Å²) in [5.41, 5.74) is 3.23. The zero-order valence-electron chi connectivity index (χ0n) is 22.7. The van der Waals surface area contributed by atoms with E-state index in [1.807, 2.05) is 38.1 Å². The van der Waals surface area contributed by atoms with Crippen molar-refractivity contribution in [3.05, 3.63) is 91.4 Å². The number of ether oxygens (including phenoxy) is 3. The van der Waals surface area contributed by atoms with Crippen molar-refractivity contribution in [2.45, 2.75) is 33.6 Å². The van der Waals surface area contributed by atoms with Crippen molar-refractivity contribution in [1.29, 1.82) is 0 Å². The molecule has 2 amide bonds. The lowest BCUT2D eigenvalue weighted by molar-refractivity contribution is -0.123. The van der Waals surface area contributed by atoms with E-state index in [0.717, 1.165) is 28.6 Å². The van der Waals surface area contributed by atoms with Gasteiger partial charge in [-0.15, -0.1) is 0 Å². The van der Waals surface area contributed by atoms with Gasteiger partial charge in [0.1, 0.15) is 12.4 Å². The summed E-state index contributed by atoms with van der Waals surface area (Å²) >= 11 is 2.95. The van der Waals surface area contributed by atoms with Crippen LogP contribution in [0.15, 0.2) is 65.6 Å². The van der Waals surface area contributed by atoms with Gasteiger partial charge in [0.25, 0.3) is 11.1 Å². The number of hydrogen-bond donors (Lipinski definition) is 0. The number of nitrogens with zero attached hydrogens (tertiary/aromatic N) is 1. The molecule has 0 bridgehead atoms. The van der Waals surface area contributed by atoms with Gasteiger partial charge in [-0.2, -0.15) is 0 Å². The van der Waals surface area contributed by atoms with Crippen LogP contribution < -0.4 is 14.2 Å². The third-order valence-electron chi connectivity index (χ3n) is 6.07. The van der Waals surface area contributed by atoms with Gasteiger partial charge in [0.15, 0.2) is 11.5 Å². The summed E-state index contributed by atoms with van der Waals surface area (Å²) in [4.78, 5) is 40.0. The topological polar surface area (TPSA) is 82.1 Å². The van der Waals surface area contributed by atoms with Crippen molar-refractivity contribution < 1.29 is 28.6 Å². The second-order valence-electron chi connectivity index (χ2n) is 9.40. The Hall–Kier alpha value is -3.31. The average molecular weight is 672 g/mol. The summed E-state index contributed by atoms with van der Waals surface area (Å²) < 4.78 is 18.1. The maximum Gasteiger partial charge on any atom is 0.343 e. The first-order valence-electron chi connectivity index (χ1n) is 12.9. The first-order valence-corrected chi connectivity index (χ1v) is 14.8. The minimum atomic E-state index is -0.498. The predicted octanol–water partition coefficient (Wildman–Crippen LogP) is 7.46. The van der Waals surface area contributed by atoms with Crippen LogP contribution in [0.3, 0.4) is 0 Å². The molecule has 0 aromatic heterocycles. The van der Waals surface area contributed by atoms with E-state index in [-0.39, 0.29) is 30.2 Å². The number of amides is 2. The van der Waals surface area contributed by atoms with Gasteiger partial charge >= 0.3 is 5.97 Å². The van der Waals surface area contributed by atoms with Crippen molar-refractivity contribution >= 4 is 57.5 Å². The Morgan fingerprint density at radius 1 is 1.02 bits per heavy atom. The van der Waals surface area contributed by atoms with Crippen LogP contribution in [-0.2, 0) is 4.79 Å². The Kier molecular flexibility index (Phi) is 9.91. The maximum atomic E-state index is 13.1. The van der Waals surface area contributed by atoms with E-state index in [2.05, 4.69) is 36.4 Å². The van der Waals surface area contributed by atoms with Crippen LogP contribution in [0.2, 0.25) is 0 Å². The monoisotopic (exact) mass is 671 g/mol. The molecule has 1 fully saturated rings. The van der Waals surface area contributed by atoms with E-state index in [1.165, 1.54) is 4.90 Å². The molecule has 0 atom stereocenters. The summed E-state index contributed by atoms with van der Waals surface area (Å²) in [7, 11) is 0. The smallest absolute Gasteiger partial charge is 0.343 e. The summed E-state index contributed by atoms with van der Waals surface area (Å²) in [5.74, 6) is 0.852. The second-order valence-corrected chi connectivity index (χ2v) is 11.6. The Bertz CT molecular complexity index is 1450. The highest BCUT2D eigenvalue weighted by Gasteiger charge is 2.35. The number of benzene rings is 3. The molecule has 0 aliphatic carbocycles. The molecule has 0 unspecified atom stereocenters. The van der Waals surface area contributed by atoms with Crippen LogP contribution >= 0.6 is 34.4 Å².